The maximum Gasteiger partial charge on any atom is 0.315 e. The quantitative estimate of drug-likeness (QED) is 0.603. The minimum Gasteiger partial charge on any atom is -0.272 e. The lowest BCUT2D eigenvalue weighted by Gasteiger charge is -2.34. The predicted molar refractivity (Wildman–Crippen MR) is 74.5 cm³/mol. The highest BCUT2D eigenvalue weighted by atomic mass is 31.2. The van der Waals surface area contributed by atoms with Gasteiger partial charge in [-0.3, -0.25) is 9.24 Å². The maximum absolute atomic E-state index is 13.4. The Labute approximate surface area is 108 Å². The molecule has 0 bridgehead atoms. The van der Waals surface area contributed by atoms with Gasteiger partial charge in [0.1, 0.15) is 0 Å². The second-order valence-electron chi connectivity index (χ2n) is 4.80. The lowest BCUT2D eigenvalue weighted by Crippen LogP contribution is -2.25. The van der Waals surface area contributed by atoms with Crippen LogP contribution in [0.1, 0.15) is 6.92 Å². The van der Waals surface area contributed by atoms with Crippen molar-refractivity contribution >= 4 is 13.3 Å². The van der Waals surface area contributed by atoms with Crippen LogP contribution < -0.4 is 4.67 Å². The van der Waals surface area contributed by atoms with E-state index in [0.717, 1.165) is 37.6 Å². The van der Waals surface area contributed by atoms with Crippen LogP contribution in [-0.4, -0.2) is 35.5 Å². The summed E-state index contributed by atoms with van der Waals surface area (Å²) in [5, 5.41) is 0. The highest BCUT2D eigenvalue weighted by Gasteiger charge is 2.52. The van der Waals surface area contributed by atoms with Crippen molar-refractivity contribution in [2.75, 3.05) is 30.8 Å². The van der Waals surface area contributed by atoms with E-state index >= 15 is 0 Å². The summed E-state index contributed by atoms with van der Waals surface area (Å²) in [6, 6.07) is 9.91. The Balaban J connectivity index is 2.03. The predicted octanol–water partition coefficient (Wildman–Crippen LogP) is 2.77. The average molecular weight is 263 g/mol. The van der Waals surface area contributed by atoms with Gasteiger partial charge in [-0.05, 0) is 19.1 Å². The van der Waals surface area contributed by atoms with Crippen LogP contribution in [0.5, 0.6) is 0 Å². The van der Waals surface area contributed by atoms with Gasteiger partial charge in [0.2, 0.25) is 0 Å². The molecule has 0 N–H and O–H groups in total. The first kappa shape index (κ1) is 12.0. The Kier molecular flexibility index (Phi) is 2.81. The molecule has 4 nitrogen and oxygen atoms in total. The van der Waals surface area contributed by atoms with Gasteiger partial charge < -0.3 is 0 Å². The molecule has 2 fully saturated rings. The lowest BCUT2D eigenvalue weighted by atomic mass is 10.3. The molecule has 0 atom stereocenters. The number of anilines is 1. The molecule has 0 spiro atoms. The van der Waals surface area contributed by atoms with Crippen LogP contribution in [0, 0.1) is 0 Å². The summed E-state index contributed by atoms with van der Waals surface area (Å²) in [6.45, 7) is 9.63. The number of rotatable bonds is 5. The summed E-state index contributed by atoms with van der Waals surface area (Å²) >= 11 is 0. The lowest BCUT2D eigenvalue weighted by molar-refractivity contribution is 0.516. The van der Waals surface area contributed by atoms with Crippen molar-refractivity contribution < 1.29 is 4.57 Å². The molecular weight excluding hydrogens is 245 g/mol. The van der Waals surface area contributed by atoms with E-state index in [9.17, 15) is 4.57 Å². The van der Waals surface area contributed by atoms with Crippen molar-refractivity contribution in [1.82, 2.24) is 9.34 Å². The zero-order valence-electron chi connectivity index (χ0n) is 10.6. The standard InChI is InChI=1S/C13H18N3OP/c1-12(2)16(13-6-4-3-5-7-13)18(17,14-8-9-14)15-10-11-15/h3-7H,1,8-11H2,2H3. The van der Waals surface area contributed by atoms with Gasteiger partial charge in [0, 0.05) is 37.6 Å². The smallest absolute Gasteiger partial charge is 0.272 e. The molecule has 3 rings (SSSR count). The van der Waals surface area contributed by atoms with Crippen molar-refractivity contribution in [2.45, 2.75) is 6.92 Å². The molecule has 0 saturated carbocycles. The first-order valence-electron chi connectivity index (χ1n) is 6.26. The number of nitrogens with zero attached hydrogens (tertiary/aromatic N) is 3. The van der Waals surface area contributed by atoms with E-state index in [1.165, 1.54) is 0 Å². The number of hydrogen-bond donors (Lipinski definition) is 0. The van der Waals surface area contributed by atoms with E-state index in [4.69, 9.17) is 0 Å². The first-order chi connectivity index (χ1) is 8.64. The third kappa shape index (κ3) is 1.91. The summed E-state index contributed by atoms with van der Waals surface area (Å²) in [4.78, 5) is 0. The topological polar surface area (TPSA) is 26.3 Å². The van der Waals surface area contributed by atoms with Gasteiger partial charge in [-0.2, -0.15) is 0 Å². The molecule has 5 heteroatoms. The summed E-state index contributed by atoms with van der Waals surface area (Å²) in [5.41, 5.74) is 1.80. The fourth-order valence-corrected chi connectivity index (χ4v) is 5.17. The molecule has 0 amide bonds. The molecule has 2 saturated heterocycles. The molecule has 2 heterocycles. The third-order valence-corrected chi connectivity index (χ3v) is 6.57. The van der Waals surface area contributed by atoms with Gasteiger partial charge in [-0.1, -0.05) is 24.8 Å². The van der Waals surface area contributed by atoms with Crippen LogP contribution >= 0.6 is 7.59 Å². The van der Waals surface area contributed by atoms with Crippen molar-refractivity contribution in [3.8, 4) is 0 Å². The second-order valence-corrected chi connectivity index (χ2v) is 7.36. The Morgan fingerprint density at radius 1 is 1.17 bits per heavy atom. The van der Waals surface area contributed by atoms with Crippen LogP contribution in [0.2, 0.25) is 0 Å². The molecule has 2 aliphatic heterocycles. The fourth-order valence-electron chi connectivity index (χ4n) is 2.20. The van der Waals surface area contributed by atoms with Gasteiger partial charge in [-0.15, -0.1) is 0 Å². The SMILES string of the molecule is C=C(C)N(c1ccccc1)P(=O)(N1CC1)N1CC1. The maximum atomic E-state index is 13.4. The van der Waals surface area contributed by atoms with Crippen molar-refractivity contribution in [1.29, 1.82) is 0 Å². The number of benzene rings is 1. The van der Waals surface area contributed by atoms with Crippen LogP contribution in [0.25, 0.3) is 0 Å². The molecule has 2 aliphatic rings. The van der Waals surface area contributed by atoms with E-state index in [0.29, 0.717) is 0 Å². The summed E-state index contributed by atoms with van der Waals surface area (Å²) in [5.74, 6) is 0. The zero-order chi connectivity index (χ0) is 12.8. The van der Waals surface area contributed by atoms with E-state index < -0.39 is 7.59 Å². The van der Waals surface area contributed by atoms with E-state index in [1.807, 2.05) is 41.9 Å². The molecule has 0 aliphatic carbocycles. The minimum absolute atomic E-state index is 0.836. The van der Waals surface area contributed by atoms with Crippen LogP contribution in [0.15, 0.2) is 42.6 Å². The normalized spacial score (nSPS) is 19.6. The van der Waals surface area contributed by atoms with Gasteiger partial charge in [0.15, 0.2) is 0 Å². The van der Waals surface area contributed by atoms with Crippen LogP contribution in [-0.2, 0) is 4.57 Å². The van der Waals surface area contributed by atoms with Crippen LogP contribution in [0.4, 0.5) is 5.69 Å². The van der Waals surface area contributed by atoms with E-state index in [1.54, 1.807) is 0 Å². The van der Waals surface area contributed by atoms with Crippen molar-refractivity contribution in [3.63, 3.8) is 0 Å². The third-order valence-electron chi connectivity index (χ3n) is 3.21. The summed E-state index contributed by atoms with van der Waals surface area (Å²) in [6.07, 6.45) is 0. The first-order valence-corrected chi connectivity index (χ1v) is 7.82. The fraction of sp³-hybridized carbons (Fsp3) is 0.385. The zero-order valence-corrected chi connectivity index (χ0v) is 11.5. The molecule has 96 valence electrons. The van der Waals surface area contributed by atoms with E-state index in [-0.39, 0.29) is 0 Å². The molecular formula is C13H18N3OP. The van der Waals surface area contributed by atoms with Crippen molar-refractivity contribution in [3.05, 3.63) is 42.6 Å². The molecule has 1 aromatic rings. The molecule has 0 radical (unpaired) electrons. The second kappa shape index (κ2) is 4.23. The van der Waals surface area contributed by atoms with Gasteiger partial charge in [0.05, 0.1) is 0 Å². The monoisotopic (exact) mass is 263 g/mol. The van der Waals surface area contributed by atoms with Gasteiger partial charge in [0.25, 0.3) is 0 Å². The van der Waals surface area contributed by atoms with Crippen molar-refractivity contribution in [2.24, 2.45) is 0 Å². The Hall–Kier alpha value is -1.09. The number of allylic oxidation sites excluding steroid dienone is 1. The molecule has 0 unspecified atom stereocenters. The van der Waals surface area contributed by atoms with E-state index in [2.05, 4.69) is 15.9 Å². The summed E-state index contributed by atoms with van der Waals surface area (Å²) < 4.78 is 19.4. The molecule has 18 heavy (non-hydrogen) atoms. The highest BCUT2D eigenvalue weighted by Crippen LogP contribution is 2.64. The number of hydrogen-bond acceptors (Lipinski definition) is 1. The highest BCUT2D eigenvalue weighted by molar-refractivity contribution is 7.61. The largest absolute Gasteiger partial charge is 0.315 e. The number of para-hydroxylation sites is 1. The Bertz CT molecular complexity index is 492. The van der Waals surface area contributed by atoms with Gasteiger partial charge in [-0.25, -0.2) is 9.34 Å². The van der Waals surface area contributed by atoms with Gasteiger partial charge >= 0.3 is 7.59 Å². The Morgan fingerprint density at radius 3 is 2.06 bits per heavy atom. The minimum atomic E-state index is -2.63. The average Bonchev–Trinajstić information content (AvgIpc) is 3.19. The molecule has 0 aromatic heterocycles. The summed E-state index contributed by atoms with van der Waals surface area (Å²) in [7, 11) is -2.63. The van der Waals surface area contributed by atoms with Crippen LogP contribution in [0.3, 0.4) is 0 Å². The molecule has 1 aromatic carbocycles. The Morgan fingerprint density at radius 2 is 1.67 bits per heavy atom.